The zero-order chi connectivity index (χ0) is 5.91. The first-order chi connectivity index (χ1) is 3.12. The summed E-state index contributed by atoms with van der Waals surface area (Å²) >= 11 is 0. The maximum absolute atomic E-state index is 9.07. The molecule has 1 unspecified atom stereocenters. The summed E-state index contributed by atoms with van der Waals surface area (Å²) in [5.41, 5.74) is -0.528. The van der Waals surface area contributed by atoms with Crippen LogP contribution < -0.4 is 51.4 Å². The second-order valence-corrected chi connectivity index (χ2v) is 2.10. The van der Waals surface area contributed by atoms with Crippen LogP contribution in [0.3, 0.4) is 0 Å². The van der Waals surface area contributed by atoms with Crippen molar-refractivity contribution in [3.63, 3.8) is 0 Å². The third kappa shape index (κ3) is 5.73. The molecule has 1 N–H and O–H groups in total. The molecule has 0 rings (SSSR count). The Balaban J connectivity index is 0. The Labute approximate surface area is 94.3 Å². The Kier molecular flexibility index (Phi) is 8.27. The summed E-state index contributed by atoms with van der Waals surface area (Å²) in [5, 5.41) is 9.07. The van der Waals surface area contributed by atoms with Gasteiger partial charge in [0.2, 0.25) is 0 Å². The minimum Gasteiger partial charge on any atom is -0.393 e. The third-order valence-electron chi connectivity index (χ3n) is 1.30. The van der Waals surface area contributed by atoms with E-state index in [2.05, 4.69) is 6.92 Å². The number of rotatable bonds is 2. The van der Waals surface area contributed by atoms with Crippen molar-refractivity contribution in [1.29, 1.82) is 0 Å². The van der Waals surface area contributed by atoms with Gasteiger partial charge in [-0.05, 0) is 13.3 Å². The minimum absolute atomic E-state index is 0. The zero-order valence-electron chi connectivity index (χ0n) is 6.07. The van der Waals surface area contributed by atoms with Crippen molar-refractivity contribution in [2.24, 2.45) is 0 Å². The predicted molar refractivity (Wildman–Crippen MR) is 30.9 cm³/mol. The summed E-state index contributed by atoms with van der Waals surface area (Å²) in [6.45, 7) is 7.32. The van der Waals surface area contributed by atoms with E-state index in [9.17, 15) is 0 Å². The van der Waals surface area contributed by atoms with Crippen LogP contribution in [0.2, 0.25) is 0 Å². The normalized spacial score (nSPS) is 16.5. The third-order valence-corrected chi connectivity index (χ3v) is 1.30. The molecule has 8 heavy (non-hydrogen) atoms. The quantitative estimate of drug-likeness (QED) is 0.361. The van der Waals surface area contributed by atoms with E-state index < -0.39 is 5.60 Å². The number of aliphatic hydroxyl groups is 1. The van der Waals surface area contributed by atoms with Crippen LogP contribution in [0.1, 0.15) is 26.7 Å². The zero-order valence-corrected chi connectivity index (χ0v) is 9.19. The van der Waals surface area contributed by atoms with E-state index in [1.807, 2.05) is 6.92 Å². The number of hydrogen-bond donors (Lipinski definition) is 1. The van der Waals surface area contributed by atoms with Crippen LogP contribution in [-0.2, 0) is 0 Å². The van der Waals surface area contributed by atoms with Crippen LogP contribution in [0.5, 0.6) is 0 Å². The molecule has 0 aromatic carbocycles. The number of hydrogen-bond acceptors (Lipinski definition) is 1. The topological polar surface area (TPSA) is 20.2 Å². The molecule has 0 bridgehead atoms. The first kappa shape index (κ1) is 12.3. The van der Waals surface area contributed by atoms with Crippen molar-refractivity contribution < 1.29 is 56.5 Å². The van der Waals surface area contributed by atoms with E-state index in [1.54, 1.807) is 6.92 Å². The smallest absolute Gasteiger partial charge is 0.393 e. The van der Waals surface area contributed by atoms with Gasteiger partial charge in [0.25, 0.3) is 0 Å². The van der Waals surface area contributed by atoms with Gasteiger partial charge in [0.05, 0.1) is 0 Å². The van der Waals surface area contributed by atoms with Gasteiger partial charge in [-0.2, -0.15) is 6.42 Å². The fourth-order valence-corrected chi connectivity index (χ4v) is 0.177. The average molecular weight is 140 g/mol. The molecule has 0 aromatic rings. The molecular weight excluding hydrogens is 127 g/mol. The Bertz CT molecular complexity index is 46.5. The molecule has 1 nitrogen and oxygen atoms in total. The van der Waals surface area contributed by atoms with Gasteiger partial charge < -0.3 is 12.0 Å². The standard InChI is InChI=1S/C6H13O.K/c1-4-6(3,7)5-2;/h7H,1,4-5H2,2-3H3;/q-1;+1. The second-order valence-electron chi connectivity index (χ2n) is 2.10. The summed E-state index contributed by atoms with van der Waals surface area (Å²) < 4.78 is 0. The average Bonchev–Trinajstić information content (AvgIpc) is 1.68. The van der Waals surface area contributed by atoms with Crippen molar-refractivity contribution in [2.75, 3.05) is 0 Å². The maximum atomic E-state index is 9.07. The van der Waals surface area contributed by atoms with Gasteiger partial charge in [-0.25, -0.2) is 0 Å². The fraction of sp³-hybridized carbons (Fsp3) is 0.833. The molecule has 2 heteroatoms. The van der Waals surface area contributed by atoms with Gasteiger partial charge in [0.15, 0.2) is 0 Å². The summed E-state index contributed by atoms with van der Waals surface area (Å²) in [4.78, 5) is 0. The van der Waals surface area contributed by atoms with Crippen molar-refractivity contribution in [1.82, 2.24) is 0 Å². The van der Waals surface area contributed by atoms with E-state index >= 15 is 0 Å². The Morgan fingerprint density at radius 1 is 1.62 bits per heavy atom. The summed E-state index contributed by atoms with van der Waals surface area (Å²) in [6.07, 6.45) is 1.39. The molecule has 0 heterocycles. The SMILES string of the molecule is [CH2-]CC(C)(O)CC.[K+]. The molecular formula is C6H13KO. The van der Waals surface area contributed by atoms with E-state index in [1.165, 1.54) is 0 Å². The Hall–Kier alpha value is 1.60. The van der Waals surface area contributed by atoms with Crippen molar-refractivity contribution in [3.05, 3.63) is 6.92 Å². The van der Waals surface area contributed by atoms with Crippen LogP contribution in [-0.4, -0.2) is 10.7 Å². The summed E-state index contributed by atoms with van der Waals surface area (Å²) in [5.74, 6) is 0. The molecule has 0 aliphatic heterocycles. The first-order valence-corrected chi connectivity index (χ1v) is 2.64. The van der Waals surface area contributed by atoms with Crippen LogP contribution in [0.4, 0.5) is 0 Å². The molecule has 0 aromatic heterocycles. The predicted octanol–water partition coefficient (Wildman–Crippen LogP) is -1.62. The van der Waals surface area contributed by atoms with Crippen molar-refractivity contribution >= 4 is 0 Å². The van der Waals surface area contributed by atoms with E-state index in [-0.39, 0.29) is 51.4 Å². The second kappa shape index (κ2) is 5.39. The van der Waals surface area contributed by atoms with E-state index in [4.69, 9.17) is 5.11 Å². The molecule has 1 atom stereocenters. The maximum Gasteiger partial charge on any atom is 1.00 e. The van der Waals surface area contributed by atoms with Crippen molar-refractivity contribution in [2.45, 2.75) is 32.3 Å². The monoisotopic (exact) mass is 140 g/mol. The first-order valence-electron chi connectivity index (χ1n) is 2.64. The van der Waals surface area contributed by atoms with Crippen molar-refractivity contribution in [3.8, 4) is 0 Å². The largest absolute Gasteiger partial charge is 1.00 e. The molecule has 44 valence electrons. The van der Waals surface area contributed by atoms with Gasteiger partial charge in [-0.15, -0.1) is 0 Å². The van der Waals surface area contributed by atoms with Gasteiger partial charge in [-0.1, -0.05) is 6.92 Å². The Morgan fingerprint density at radius 2 is 2.00 bits per heavy atom. The molecule has 0 amide bonds. The molecule has 0 saturated carbocycles. The molecule has 0 radical (unpaired) electrons. The van der Waals surface area contributed by atoms with E-state index in [0.29, 0.717) is 6.42 Å². The molecule has 0 fully saturated rings. The molecule has 0 aliphatic rings. The van der Waals surface area contributed by atoms with Gasteiger partial charge >= 0.3 is 51.4 Å². The van der Waals surface area contributed by atoms with Crippen LogP contribution >= 0.6 is 0 Å². The molecule has 0 spiro atoms. The molecule has 0 saturated heterocycles. The summed E-state index contributed by atoms with van der Waals surface area (Å²) in [7, 11) is 0. The summed E-state index contributed by atoms with van der Waals surface area (Å²) in [6, 6.07) is 0. The minimum atomic E-state index is -0.528. The van der Waals surface area contributed by atoms with E-state index in [0.717, 1.165) is 6.42 Å². The Morgan fingerprint density at radius 3 is 2.00 bits per heavy atom. The van der Waals surface area contributed by atoms with Gasteiger partial charge in [0.1, 0.15) is 0 Å². The van der Waals surface area contributed by atoms with Crippen LogP contribution in [0.25, 0.3) is 0 Å². The van der Waals surface area contributed by atoms with Crippen LogP contribution in [0, 0.1) is 6.92 Å². The van der Waals surface area contributed by atoms with Gasteiger partial charge in [0, 0.05) is 5.60 Å². The molecule has 0 aliphatic carbocycles. The fourth-order valence-electron chi connectivity index (χ4n) is 0.177. The van der Waals surface area contributed by atoms with Gasteiger partial charge in [-0.3, -0.25) is 0 Å². The van der Waals surface area contributed by atoms with Crippen LogP contribution in [0.15, 0.2) is 0 Å².